The second kappa shape index (κ2) is 5.04. The second-order valence-corrected chi connectivity index (χ2v) is 5.99. The predicted octanol–water partition coefficient (Wildman–Crippen LogP) is 1.30. The number of aromatic hydroxyl groups is 1. The van der Waals surface area contributed by atoms with E-state index in [4.69, 9.17) is 5.73 Å². The number of phenols is 1. The van der Waals surface area contributed by atoms with Gasteiger partial charge in [0.15, 0.2) is 5.82 Å². The van der Waals surface area contributed by atoms with Gasteiger partial charge in [0, 0.05) is 18.8 Å². The fraction of sp³-hybridized carbons (Fsp3) is 0.250. The van der Waals surface area contributed by atoms with E-state index in [-0.39, 0.29) is 22.2 Å². The SMILES string of the molecule is CCn1cc(S(=O)(=O)Nc2ccc(C)c(O)c2)c(N)n1. The highest BCUT2D eigenvalue weighted by Gasteiger charge is 2.21. The molecule has 7 nitrogen and oxygen atoms in total. The molecule has 0 aliphatic heterocycles. The van der Waals surface area contributed by atoms with Gasteiger partial charge in [0.25, 0.3) is 10.0 Å². The Balaban J connectivity index is 2.35. The summed E-state index contributed by atoms with van der Waals surface area (Å²) in [7, 11) is -3.83. The smallest absolute Gasteiger partial charge is 0.267 e. The van der Waals surface area contributed by atoms with Crippen molar-refractivity contribution < 1.29 is 13.5 Å². The maximum atomic E-state index is 12.2. The number of aryl methyl sites for hydroxylation is 2. The highest BCUT2D eigenvalue weighted by atomic mass is 32.2. The van der Waals surface area contributed by atoms with E-state index in [1.165, 1.54) is 16.9 Å². The van der Waals surface area contributed by atoms with Crippen molar-refractivity contribution in [2.45, 2.75) is 25.3 Å². The van der Waals surface area contributed by atoms with E-state index in [1.807, 2.05) is 6.92 Å². The molecular formula is C12H16N4O3S. The number of nitrogens with zero attached hydrogens (tertiary/aromatic N) is 2. The lowest BCUT2D eigenvalue weighted by Crippen LogP contribution is -2.13. The van der Waals surface area contributed by atoms with Crippen LogP contribution in [0.2, 0.25) is 0 Å². The molecule has 0 aliphatic rings. The largest absolute Gasteiger partial charge is 0.508 e. The standard InChI is InChI=1S/C12H16N4O3S/c1-3-16-7-11(12(13)14-16)20(18,19)15-9-5-4-8(2)10(17)6-9/h4-7,15,17H,3H2,1-2H3,(H2,13,14). The van der Waals surface area contributed by atoms with Crippen LogP contribution in [0.25, 0.3) is 0 Å². The van der Waals surface area contributed by atoms with Gasteiger partial charge < -0.3 is 10.8 Å². The molecule has 2 rings (SSSR count). The Kier molecular flexibility index (Phi) is 3.58. The van der Waals surface area contributed by atoms with Crippen LogP contribution in [0.3, 0.4) is 0 Å². The third kappa shape index (κ3) is 2.69. The summed E-state index contributed by atoms with van der Waals surface area (Å²) in [5.74, 6) is -0.0434. The number of nitrogens with one attached hydrogen (secondary N) is 1. The normalized spacial score (nSPS) is 11.5. The summed E-state index contributed by atoms with van der Waals surface area (Å²) in [6.07, 6.45) is 1.37. The van der Waals surface area contributed by atoms with Gasteiger partial charge in [-0.25, -0.2) is 8.42 Å². The average Bonchev–Trinajstić information content (AvgIpc) is 2.76. The van der Waals surface area contributed by atoms with Crippen LogP contribution in [-0.4, -0.2) is 23.3 Å². The van der Waals surface area contributed by atoms with Crippen molar-refractivity contribution in [2.75, 3.05) is 10.5 Å². The monoisotopic (exact) mass is 296 g/mol. The van der Waals surface area contributed by atoms with Gasteiger partial charge >= 0.3 is 0 Å². The van der Waals surface area contributed by atoms with Gasteiger partial charge in [-0.3, -0.25) is 9.40 Å². The van der Waals surface area contributed by atoms with Crippen molar-refractivity contribution in [1.82, 2.24) is 9.78 Å². The molecule has 8 heteroatoms. The van der Waals surface area contributed by atoms with Crippen molar-refractivity contribution in [3.63, 3.8) is 0 Å². The summed E-state index contributed by atoms with van der Waals surface area (Å²) in [5, 5.41) is 13.5. The van der Waals surface area contributed by atoms with Crippen molar-refractivity contribution in [3.05, 3.63) is 30.0 Å². The molecule has 4 N–H and O–H groups in total. The van der Waals surface area contributed by atoms with Gasteiger partial charge in [0.2, 0.25) is 0 Å². The van der Waals surface area contributed by atoms with Crippen LogP contribution < -0.4 is 10.5 Å². The molecule has 2 aromatic rings. The summed E-state index contributed by atoms with van der Waals surface area (Å²) in [4.78, 5) is -0.0839. The maximum absolute atomic E-state index is 12.2. The zero-order chi connectivity index (χ0) is 14.9. The molecule has 20 heavy (non-hydrogen) atoms. The molecule has 0 aliphatic carbocycles. The Labute approximate surface area is 117 Å². The molecule has 0 fully saturated rings. The van der Waals surface area contributed by atoms with Crippen molar-refractivity contribution in [1.29, 1.82) is 0 Å². The van der Waals surface area contributed by atoms with Gasteiger partial charge in [-0.1, -0.05) is 6.07 Å². The topological polar surface area (TPSA) is 110 Å². The van der Waals surface area contributed by atoms with Crippen LogP contribution in [0.15, 0.2) is 29.3 Å². The van der Waals surface area contributed by atoms with Crippen LogP contribution in [-0.2, 0) is 16.6 Å². The van der Waals surface area contributed by atoms with Crippen molar-refractivity contribution >= 4 is 21.5 Å². The zero-order valence-corrected chi connectivity index (χ0v) is 12.0. The number of nitrogens with two attached hydrogens (primary N) is 1. The second-order valence-electron chi connectivity index (χ2n) is 4.34. The summed E-state index contributed by atoms with van der Waals surface area (Å²) < 4.78 is 28.2. The van der Waals surface area contributed by atoms with E-state index in [0.717, 1.165) is 0 Å². The molecule has 0 unspecified atom stereocenters. The Morgan fingerprint density at radius 1 is 1.45 bits per heavy atom. The summed E-state index contributed by atoms with van der Waals surface area (Å²) in [6.45, 7) is 4.07. The van der Waals surface area contributed by atoms with Crippen LogP contribution in [0.1, 0.15) is 12.5 Å². The van der Waals surface area contributed by atoms with Gasteiger partial charge in [0.05, 0.1) is 5.69 Å². The molecule has 0 spiro atoms. The first-order valence-corrected chi connectivity index (χ1v) is 7.47. The maximum Gasteiger partial charge on any atom is 0.267 e. The molecule has 0 saturated heterocycles. The van der Waals surface area contributed by atoms with Crippen molar-refractivity contribution in [3.8, 4) is 5.75 Å². The van der Waals surface area contributed by atoms with Crippen LogP contribution in [0, 0.1) is 6.92 Å². The highest BCUT2D eigenvalue weighted by Crippen LogP contribution is 2.24. The van der Waals surface area contributed by atoms with Gasteiger partial charge in [-0.05, 0) is 25.5 Å². The first-order valence-electron chi connectivity index (χ1n) is 5.99. The van der Waals surface area contributed by atoms with E-state index in [9.17, 15) is 13.5 Å². The van der Waals surface area contributed by atoms with E-state index >= 15 is 0 Å². The Morgan fingerprint density at radius 3 is 2.70 bits per heavy atom. The number of rotatable bonds is 4. The Morgan fingerprint density at radius 2 is 2.15 bits per heavy atom. The lowest BCUT2D eigenvalue weighted by atomic mass is 10.2. The van der Waals surface area contributed by atoms with E-state index < -0.39 is 10.0 Å². The van der Waals surface area contributed by atoms with Crippen LogP contribution in [0.4, 0.5) is 11.5 Å². The van der Waals surface area contributed by atoms with Crippen LogP contribution in [0.5, 0.6) is 5.75 Å². The van der Waals surface area contributed by atoms with Crippen LogP contribution >= 0.6 is 0 Å². The molecule has 1 heterocycles. The highest BCUT2D eigenvalue weighted by molar-refractivity contribution is 7.92. The molecule has 0 saturated carbocycles. The van der Waals surface area contributed by atoms with Crippen molar-refractivity contribution in [2.24, 2.45) is 0 Å². The summed E-state index contributed by atoms with van der Waals surface area (Å²) in [5.41, 5.74) is 6.53. The minimum Gasteiger partial charge on any atom is -0.508 e. The third-order valence-corrected chi connectivity index (χ3v) is 4.23. The van der Waals surface area contributed by atoms with E-state index in [1.54, 1.807) is 19.1 Å². The third-order valence-electron chi connectivity index (χ3n) is 2.83. The van der Waals surface area contributed by atoms with Gasteiger partial charge in [-0.2, -0.15) is 5.10 Å². The number of anilines is 2. The molecule has 0 atom stereocenters. The lowest BCUT2D eigenvalue weighted by Gasteiger charge is -2.08. The number of sulfonamides is 1. The minimum atomic E-state index is -3.83. The number of hydrogen-bond donors (Lipinski definition) is 3. The molecule has 108 valence electrons. The lowest BCUT2D eigenvalue weighted by molar-refractivity contribution is 0.471. The fourth-order valence-electron chi connectivity index (χ4n) is 1.67. The molecule has 0 bridgehead atoms. The van der Waals surface area contributed by atoms with Gasteiger partial charge in [-0.15, -0.1) is 0 Å². The molecule has 1 aromatic heterocycles. The number of benzene rings is 1. The molecule has 0 radical (unpaired) electrons. The first-order chi connectivity index (χ1) is 9.33. The van der Waals surface area contributed by atoms with E-state index in [2.05, 4.69) is 9.82 Å². The molecular weight excluding hydrogens is 280 g/mol. The number of phenolic OH excluding ortho intramolecular Hbond substituents is 1. The Hall–Kier alpha value is -2.22. The minimum absolute atomic E-state index is 0.0161. The first kappa shape index (κ1) is 14.2. The molecule has 1 aromatic carbocycles. The van der Waals surface area contributed by atoms with E-state index in [0.29, 0.717) is 12.1 Å². The summed E-state index contributed by atoms with van der Waals surface area (Å²) in [6, 6.07) is 4.52. The Bertz CT molecular complexity index is 737. The molecule has 0 amide bonds. The van der Waals surface area contributed by atoms with Gasteiger partial charge in [0.1, 0.15) is 10.6 Å². The number of nitrogen functional groups attached to an aromatic ring is 1. The predicted molar refractivity (Wildman–Crippen MR) is 76.0 cm³/mol. The average molecular weight is 296 g/mol. The fourth-order valence-corrected chi connectivity index (χ4v) is 2.79. The zero-order valence-electron chi connectivity index (χ0n) is 11.2. The summed E-state index contributed by atoms with van der Waals surface area (Å²) >= 11 is 0. The number of hydrogen-bond acceptors (Lipinski definition) is 5. The quantitative estimate of drug-likeness (QED) is 0.787. The number of aromatic nitrogens is 2.